The normalized spacial score (nSPS) is 19.4. The molecule has 44 heavy (non-hydrogen) atoms. The molecule has 2 fully saturated rings. The maximum atomic E-state index is 14.3. The highest BCUT2D eigenvalue weighted by Crippen LogP contribution is 2.40. The standard InChI is InChI=1S/C33H41ClFN3O6/c1-33(2,23-11-7-12-24(34)19-23)28(21-10-6-13-25(35)17-21)44-32(43)38-26(16-20-8-4-3-5-9-20)30(40)37-27(31(41)42)18-22-14-15-36-29(22)39/h6-7,10-13,17,19-20,22,26-28H,3-5,8-9,14-16,18H2,1-2H3,(H,36,39)(H,37,40)(H,38,43)(H,41,42)/t22-,26-,27-,28?/m0/s1. The molecule has 4 atom stereocenters. The molecule has 4 N–H and O–H groups in total. The van der Waals surface area contributed by atoms with Crippen molar-refractivity contribution in [3.05, 3.63) is 70.5 Å². The van der Waals surface area contributed by atoms with Crippen molar-refractivity contribution in [1.82, 2.24) is 16.0 Å². The number of aliphatic carboxylic acids is 1. The number of ether oxygens (including phenoxy) is 1. The van der Waals surface area contributed by atoms with E-state index >= 15 is 0 Å². The van der Waals surface area contributed by atoms with E-state index in [1.165, 1.54) is 18.2 Å². The number of rotatable bonds is 12. The third-order valence-corrected chi connectivity index (χ3v) is 9.04. The zero-order valence-corrected chi connectivity index (χ0v) is 25.9. The van der Waals surface area contributed by atoms with E-state index in [-0.39, 0.29) is 18.2 Å². The highest BCUT2D eigenvalue weighted by atomic mass is 35.5. The molecule has 1 aliphatic carbocycles. The van der Waals surface area contributed by atoms with Crippen LogP contribution in [0.1, 0.15) is 82.4 Å². The third-order valence-electron chi connectivity index (χ3n) is 8.80. The largest absolute Gasteiger partial charge is 0.480 e. The highest BCUT2D eigenvalue weighted by molar-refractivity contribution is 6.30. The predicted molar refractivity (Wildman–Crippen MR) is 164 cm³/mol. The Balaban J connectivity index is 1.56. The molecule has 1 saturated carbocycles. The van der Waals surface area contributed by atoms with Crippen LogP contribution in [-0.2, 0) is 24.5 Å². The Morgan fingerprint density at radius 1 is 1.02 bits per heavy atom. The van der Waals surface area contributed by atoms with Crippen molar-refractivity contribution in [3.63, 3.8) is 0 Å². The molecule has 11 heteroatoms. The second-order valence-electron chi connectivity index (χ2n) is 12.4. The molecule has 1 unspecified atom stereocenters. The summed E-state index contributed by atoms with van der Waals surface area (Å²) in [5.74, 6) is -3.01. The molecule has 1 heterocycles. The van der Waals surface area contributed by atoms with Gasteiger partial charge in [-0.2, -0.15) is 0 Å². The van der Waals surface area contributed by atoms with Crippen LogP contribution in [0.15, 0.2) is 48.5 Å². The Kier molecular flexibility index (Phi) is 11.2. The van der Waals surface area contributed by atoms with Crippen molar-refractivity contribution >= 4 is 35.5 Å². The zero-order chi connectivity index (χ0) is 31.9. The van der Waals surface area contributed by atoms with Gasteiger partial charge in [0.15, 0.2) is 0 Å². The van der Waals surface area contributed by atoms with Crippen LogP contribution >= 0.6 is 11.6 Å². The SMILES string of the molecule is CC(C)(c1cccc(Cl)c1)C(OC(=O)N[C@@H](CC1CCCCC1)C(=O)N[C@@H](C[C@@H]1CCNC1=O)C(=O)O)c1cccc(F)c1. The molecule has 0 spiro atoms. The minimum atomic E-state index is -1.30. The van der Waals surface area contributed by atoms with Crippen LogP contribution in [-0.4, -0.2) is 47.6 Å². The van der Waals surface area contributed by atoms with Crippen molar-refractivity contribution in [3.8, 4) is 0 Å². The molecule has 4 rings (SSSR count). The summed E-state index contributed by atoms with van der Waals surface area (Å²) in [4.78, 5) is 51.3. The number of carbonyl (C=O) groups is 4. The van der Waals surface area contributed by atoms with Gasteiger partial charge in [-0.3, -0.25) is 9.59 Å². The number of hydrogen-bond donors (Lipinski definition) is 4. The maximum Gasteiger partial charge on any atom is 0.408 e. The Labute approximate surface area is 262 Å². The first-order valence-electron chi connectivity index (χ1n) is 15.2. The van der Waals surface area contributed by atoms with Gasteiger partial charge in [0.05, 0.1) is 0 Å². The van der Waals surface area contributed by atoms with Crippen molar-refractivity contribution in [2.75, 3.05) is 6.54 Å². The summed E-state index contributed by atoms with van der Waals surface area (Å²) in [7, 11) is 0. The third kappa shape index (κ3) is 8.71. The first-order valence-corrected chi connectivity index (χ1v) is 15.6. The monoisotopic (exact) mass is 629 g/mol. The summed E-state index contributed by atoms with van der Waals surface area (Å²) in [6.07, 6.45) is 3.76. The quantitative estimate of drug-likeness (QED) is 0.239. The highest BCUT2D eigenvalue weighted by Gasteiger charge is 2.38. The lowest BCUT2D eigenvalue weighted by Gasteiger charge is -2.35. The number of nitrogens with one attached hydrogen (secondary N) is 3. The van der Waals surface area contributed by atoms with Gasteiger partial charge >= 0.3 is 12.1 Å². The first kappa shape index (κ1) is 33.2. The number of carboxylic acid groups (broad SMARTS) is 1. The van der Waals surface area contributed by atoms with E-state index in [0.29, 0.717) is 30.0 Å². The summed E-state index contributed by atoms with van der Waals surface area (Å²) in [6.45, 7) is 4.16. The minimum Gasteiger partial charge on any atom is -0.480 e. The average Bonchev–Trinajstić information content (AvgIpc) is 3.39. The van der Waals surface area contributed by atoms with Crippen LogP contribution in [0.3, 0.4) is 0 Å². The summed E-state index contributed by atoms with van der Waals surface area (Å²) >= 11 is 6.27. The zero-order valence-electron chi connectivity index (χ0n) is 25.1. The smallest absolute Gasteiger partial charge is 0.408 e. The number of alkyl carbamates (subject to hydrolysis) is 1. The van der Waals surface area contributed by atoms with E-state index < -0.39 is 53.3 Å². The molecule has 0 aromatic heterocycles. The van der Waals surface area contributed by atoms with E-state index in [1.807, 2.05) is 19.9 Å². The summed E-state index contributed by atoms with van der Waals surface area (Å²) in [5.41, 5.74) is 0.302. The molecule has 2 aromatic carbocycles. The maximum absolute atomic E-state index is 14.3. The van der Waals surface area contributed by atoms with Gasteiger partial charge in [-0.15, -0.1) is 0 Å². The molecule has 238 valence electrons. The number of amides is 3. The first-order chi connectivity index (χ1) is 20.9. The van der Waals surface area contributed by atoms with Gasteiger partial charge in [0, 0.05) is 22.9 Å². The van der Waals surface area contributed by atoms with Crippen molar-refractivity contribution in [2.24, 2.45) is 11.8 Å². The van der Waals surface area contributed by atoms with E-state index in [9.17, 15) is 28.7 Å². The van der Waals surface area contributed by atoms with Crippen LogP contribution in [0.2, 0.25) is 5.02 Å². The second-order valence-corrected chi connectivity index (χ2v) is 12.9. The fourth-order valence-corrected chi connectivity index (χ4v) is 6.45. The molecule has 1 saturated heterocycles. The Morgan fingerprint density at radius 3 is 2.39 bits per heavy atom. The van der Waals surface area contributed by atoms with Crippen molar-refractivity contribution < 1.29 is 33.4 Å². The lowest BCUT2D eigenvalue weighted by Crippen LogP contribution is -2.53. The summed E-state index contributed by atoms with van der Waals surface area (Å²) < 4.78 is 20.3. The second kappa shape index (κ2) is 14.9. The Hall–Kier alpha value is -3.66. The minimum absolute atomic E-state index is 0.0526. The number of carboxylic acids is 1. The van der Waals surface area contributed by atoms with E-state index in [0.717, 1.165) is 37.7 Å². The number of hydrogen-bond acceptors (Lipinski definition) is 5. The van der Waals surface area contributed by atoms with Crippen LogP contribution in [0.4, 0.5) is 9.18 Å². The Morgan fingerprint density at radius 2 is 1.75 bits per heavy atom. The topological polar surface area (TPSA) is 134 Å². The summed E-state index contributed by atoms with van der Waals surface area (Å²) in [6, 6.07) is 10.5. The molecule has 2 aliphatic rings. The van der Waals surface area contributed by atoms with Crippen LogP contribution in [0, 0.1) is 17.7 Å². The molecular formula is C33H41ClFN3O6. The molecule has 0 bridgehead atoms. The molecule has 0 radical (unpaired) electrons. The molecule has 2 aromatic rings. The molecule has 9 nitrogen and oxygen atoms in total. The van der Waals surface area contributed by atoms with Gasteiger partial charge in [0.25, 0.3) is 0 Å². The van der Waals surface area contributed by atoms with E-state index in [4.69, 9.17) is 16.3 Å². The fourth-order valence-electron chi connectivity index (χ4n) is 6.26. The van der Waals surface area contributed by atoms with Gasteiger partial charge in [-0.25, -0.2) is 14.0 Å². The lowest BCUT2D eigenvalue weighted by molar-refractivity contribution is -0.143. The van der Waals surface area contributed by atoms with Gasteiger partial charge < -0.3 is 25.8 Å². The van der Waals surface area contributed by atoms with Crippen molar-refractivity contribution in [1.29, 1.82) is 0 Å². The van der Waals surface area contributed by atoms with E-state index in [1.54, 1.807) is 24.3 Å². The molecular weight excluding hydrogens is 589 g/mol. The average molecular weight is 630 g/mol. The molecule has 3 amide bonds. The van der Waals surface area contributed by atoms with Crippen LogP contribution in [0.5, 0.6) is 0 Å². The number of benzene rings is 2. The number of halogens is 2. The Bertz CT molecular complexity index is 1350. The van der Waals surface area contributed by atoms with Crippen LogP contribution in [0.25, 0.3) is 0 Å². The van der Waals surface area contributed by atoms with Gasteiger partial charge in [0.1, 0.15) is 24.0 Å². The number of carbonyl (C=O) groups excluding carboxylic acids is 3. The van der Waals surface area contributed by atoms with Gasteiger partial charge in [-0.05, 0) is 60.6 Å². The fraction of sp³-hybridized carbons (Fsp3) is 0.515. The molecule has 1 aliphatic heterocycles. The van der Waals surface area contributed by atoms with Crippen LogP contribution < -0.4 is 16.0 Å². The lowest BCUT2D eigenvalue weighted by atomic mass is 9.76. The predicted octanol–water partition coefficient (Wildman–Crippen LogP) is 5.66. The van der Waals surface area contributed by atoms with Gasteiger partial charge in [0.2, 0.25) is 11.8 Å². The van der Waals surface area contributed by atoms with Crippen molar-refractivity contribution in [2.45, 2.75) is 88.8 Å². The van der Waals surface area contributed by atoms with Gasteiger partial charge in [-0.1, -0.05) is 81.8 Å². The van der Waals surface area contributed by atoms with E-state index in [2.05, 4.69) is 16.0 Å². The summed E-state index contributed by atoms with van der Waals surface area (Å²) in [5, 5.41) is 18.3.